The molecule has 0 aromatic heterocycles. The molecule has 0 amide bonds. The minimum atomic E-state index is -3.93. The minimum absolute atomic E-state index is 1.69. The first-order valence-corrected chi connectivity index (χ1v) is 3.28. The summed E-state index contributed by atoms with van der Waals surface area (Å²) in [7, 11) is -2.22. The van der Waals surface area contributed by atoms with E-state index in [4.69, 9.17) is 9.79 Å². The molecule has 0 fully saturated rings. The Balaban J connectivity index is 3.48. The van der Waals surface area contributed by atoms with Gasteiger partial charge in [-0.15, -0.1) is 0 Å². The van der Waals surface area contributed by atoms with Crippen LogP contribution >= 0.6 is 17.1 Å². The van der Waals surface area contributed by atoms with Crippen molar-refractivity contribution in [3.05, 3.63) is 0 Å². The predicted octanol–water partition coefficient (Wildman–Crippen LogP) is -0.541. The lowest BCUT2D eigenvalue weighted by Gasteiger charge is -1.94. The highest BCUT2D eigenvalue weighted by Crippen LogP contribution is 2.29. The van der Waals surface area contributed by atoms with Gasteiger partial charge in [0, 0.05) is 0 Å². The van der Waals surface area contributed by atoms with E-state index in [1.807, 2.05) is 0 Å². The van der Waals surface area contributed by atoms with Crippen molar-refractivity contribution < 1.29 is 14.4 Å². The molecule has 6 heavy (non-hydrogen) atoms. The van der Waals surface area contributed by atoms with Crippen LogP contribution in [0, 0.1) is 0 Å². The zero-order valence-electron chi connectivity index (χ0n) is 2.83. The summed E-state index contributed by atoms with van der Waals surface area (Å²) in [6.45, 7) is 0. The molecule has 0 heterocycles. The van der Waals surface area contributed by atoms with Crippen LogP contribution in [0.1, 0.15) is 0 Å². The molecule has 0 aliphatic carbocycles. The highest BCUT2D eigenvalue weighted by molar-refractivity contribution is 7.55. The zero-order valence-corrected chi connectivity index (χ0v) is 4.88. The van der Waals surface area contributed by atoms with E-state index in [0.717, 1.165) is 0 Å². The lowest BCUT2D eigenvalue weighted by molar-refractivity contribution is 0.370. The molecule has 0 aromatic rings. The Hall–Kier alpha value is 0.540. The van der Waals surface area contributed by atoms with Gasteiger partial charge in [0.1, 0.15) is 0 Å². The Morgan fingerprint density at radius 2 is 1.83 bits per heavy atom. The van der Waals surface area contributed by atoms with Crippen LogP contribution in [0.15, 0.2) is 0 Å². The fraction of sp³-hybridized carbons (Fsp3) is 0. The van der Waals surface area contributed by atoms with Gasteiger partial charge in [0.25, 0.3) is 0 Å². The summed E-state index contributed by atoms with van der Waals surface area (Å²) in [5.41, 5.74) is 0. The maximum absolute atomic E-state index is 9.56. The van der Waals surface area contributed by atoms with Crippen molar-refractivity contribution >= 4 is 17.1 Å². The predicted molar refractivity (Wildman–Crippen MR) is 24.9 cm³/mol. The van der Waals surface area contributed by atoms with Crippen LogP contribution in [0.5, 0.6) is 0 Å². The molecule has 4 nitrogen and oxygen atoms in total. The van der Waals surface area contributed by atoms with Gasteiger partial charge in [0.2, 0.25) is 0 Å². The molecule has 3 N–H and O–H groups in total. The van der Waals surface area contributed by atoms with Crippen molar-refractivity contribution in [2.45, 2.75) is 0 Å². The second-order valence-electron chi connectivity index (χ2n) is 0.673. The number of hydrogen-bond donors (Lipinski definition) is 3. The lowest BCUT2D eigenvalue weighted by Crippen LogP contribution is -1.89. The second-order valence-corrected chi connectivity index (χ2v) is 2.79. The van der Waals surface area contributed by atoms with E-state index in [-0.39, 0.29) is 0 Å². The standard InChI is InChI=1S/H5NO3P2/c2-6(3,4)1-5/h5H2,(H3,1,2,3,4). The smallest absolute Gasteiger partial charge is 0.312 e. The zero-order chi connectivity index (χ0) is 5.21. The third-order valence-electron chi connectivity index (χ3n) is 0.168. The third-order valence-corrected chi connectivity index (χ3v) is 1.51. The summed E-state index contributed by atoms with van der Waals surface area (Å²) < 4.78 is 9.56. The highest BCUT2D eigenvalue weighted by atomic mass is 31.2. The summed E-state index contributed by atoms with van der Waals surface area (Å²) in [6, 6.07) is 0. The van der Waals surface area contributed by atoms with Crippen molar-refractivity contribution in [2.24, 2.45) is 0 Å². The van der Waals surface area contributed by atoms with Crippen molar-refractivity contribution in [1.82, 2.24) is 4.86 Å². The number of rotatable bonds is 1. The van der Waals surface area contributed by atoms with Gasteiger partial charge in [-0.3, -0.25) is 0 Å². The van der Waals surface area contributed by atoms with E-state index < -0.39 is 7.75 Å². The maximum Gasteiger partial charge on any atom is 0.403 e. The van der Waals surface area contributed by atoms with Crippen molar-refractivity contribution in [3.8, 4) is 0 Å². The molecule has 0 saturated carbocycles. The molecule has 0 spiro atoms. The van der Waals surface area contributed by atoms with E-state index in [1.54, 1.807) is 14.2 Å². The summed E-state index contributed by atoms with van der Waals surface area (Å²) >= 11 is 0. The maximum atomic E-state index is 9.56. The highest BCUT2D eigenvalue weighted by Gasteiger charge is 2.04. The van der Waals surface area contributed by atoms with Gasteiger partial charge in [-0.2, -0.15) is 0 Å². The molecule has 1 atom stereocenters. The van der Waals surface area contributed by atoms with Gasteiger partial charge < -0.3 is 9.79 Å². The fourth-order valence-corrected chi connectivity index (χ4v) is 0. The minimum Gasteiger partial charge on any atom is -0.312 e. The lowest BCUT2D eigenvalue weighted by atomic mass is 13.9. The van der Waals surface area contributed by atoms with Gasteiger partial charge in [0.15, 0.2) is 0 Å². The molecule has 0 aliphatic rings. The fourth-order valence-electron chi connectivity index (χ4n) is 0. The largest absolute Gasteiger partial charge is 0.403 e. The van der Waals surface area contributed by atoms with Gasteiger partial charge in [-0.1, -0.05) is 9.39 Å². The summed E-state index contributed by atoms with van der Waals surface area (Å²) in [4.78, 5) is 17.3. The first kappa shape index (κ1) is 6.54. The molecular formula is H5NO3P2. The molecule has 38 valence electrons. The number of hydrogen-bond acceptors (Lipinski definition) is 1. The molecule has 0 aromatic carbocycles. The average molecular weight is 129 g/mol. The van der Waals surface area contributed by atoms with Gasteiger partial charge in [0.05, 0.1) is 0 Å². The molecule has 0 saturated heterocycles. The van der Waals surface area contributed by atoms with Crippen LogP contribution in [-0.2, 0) is 4.57 Å². The van der Waals surface area contributed by atoms with E-state index in [0.29, 0.717) is 0 Å². The van der Waals surface area contributed by atoms with Crippen molar-refractivity contribution in [3.63, 3.8) is 0 Å². The summed E-state index contributed by atoms with van der Waals surface area (Å²) in [6.07, 6.45) is 0. The molecule has 0 rings (SSSR count). The molecular weight excluding hydrogens is 124 g/mol. The molecule has 0 radical (unpaired) electrons. The Morgan fingerprint density at radius 1 is 1.67 bits per heavy atom. The van der Waals surface area contributed by atoms with Crippen molar-refractivity contribution in [1.29, 1.82) is 0 Å². The Bertz CT molecular complexity index is 72.9. The van der Waals surface area contributed by atoms with Crippen LogP contribution in [-0.4, -0.2) is 9.79 Å². The van der Waals surface area contributed by atoms with E-state index in [1.165, 1.54) is 0 Å². The monoisotopic (exact) mass is 129 g/mol. The summed E-state index contributed by atoms with van der Waals surface area (Å²) in [5.74, 6) is 0. The van der Waals surface area contributed by atoms with Crippen LogP contribution in [0.2, 0.25) is 0 Å². The average Bonchev–Trinajstić information content (AvgIpc) is 1.35. The molecule has 0 bridgehead atoms. The van der Waals surface area contributed by atoms with Crippen LogP contribution < -0.4 is 4.86 Å². The first-order chi connectivity index (χ1) is 2.56. The SMILES string of the molecule is O=P(O)(O)NP. The molecule has 6 heteroatoms. The Labute approximate surface area is 37.4 Å². The number of nitrogens with one attached hydrogen (secondary N) is 1. The topological polar surface area (TPSA) is 69.6 Å². The van der Waals surface area contributed by atoms with Crippen molar-refractivity contribution in [2.75, 3.05) is 0 Å². The Morgan fingerprint density at radius 3 is 1.83 bits per heavy atom. The van der Waals surface area contributed by atoms with Gasteiger partial charge >= 0.3 is 7.75 Å². The molecule has 0 aliphatic heterocycles. The van der Waals surface area contributed by atoms with Crippen LogP contribution in [0.3, 0.4) is 0 Å². The normalized spacial score (nSPS) is 11.8. The quantitative estimate of drug-likeness (QED) is 0.416. The van der Waals surface area contributed by atoms with E-state index in [9.17, 15) is 4.57 Å². The summed E-state index contributed by atoms with van der Waals surface area (Å²) in [5, 5.41) is 0. The van der Waals surface area contributed by atoms with E-state index >= 15 is 0 Å². The van der Waals surface area contributed by atoms with Crippen LogP contribution in [0.25, 0.3) is 0 Å². The Kier molecular flexibility index (Phi) is 2.19. The van der Waals surface area contributed by atoms with Crippen LogP contribution in [0.4, 0.5) is 0 Å². The molecule has 1 unspecified atom stereocenters. The first-order valence-electron chi connectivity index (χ1n) is 1.09. The van der Waals surface area contributed by atoms with Gasteiger partial charge in [-0.25, -0.2) is 9.42 Å². The third kappa shape index (κ3) is 4.54. The second kappa shape index (κ2) is 2.01. The van der Waals surface area contributed by atoms with Gasteiger partial charge in [-0.05, 0) is 0 Å². The van der Waals surface area contributed by atoms with E-state index in [2.05, 4.69) is 0 Å².